The van der Waals surface area contributed by atoms with Crippen molar-refractivity contribution in [3.8, 4) is 0 Å². The zero-order chi connectivity index (χ0) is 13.4. The van der Waals surface area contributed by atoms with E-state index in [0.717, 1.165) is 34.6 Å². The molecule has 0 aliphatic heterocycles. The van der Waals surface area contributed by atoms with Gasteiger partial charge in [-0.3, -0.25) is 4.79 Å². The van der Waals surface area contributed by atoms with E-state index in [1.165, 1.54) is 16.7 Å². The predicted octanol–water partition coefficient (Wildman–Crippen LogP) is 4.78. The number of benzene rings is 2. The predicted molar refractivity (Wildman–Crippen MR) is 80.3 cm³/mol. The summed E-state index contributed by atoms with van der Waals surface area (Å²) in [7, 11) is 0. The summed E-state index contributed by atoms with van der Waals surface area (Å²) in [6.45, 7) is 4.26. The normalized spacial score (nSPS) is 14.9. The van der Waals surface area contributed by atoms with Gasteiger partial charge in [0, 0.05) is 5.56 Å². The van der Waals surface area contributed by atoms with Gasteiger partial charge < -0.3 is 0 Å². The topological polar surface area (TPSA) is 17.1 Å². The van der Waals surface area contributed by atoms with Crippen LogP contribution in [0.1, 0.15) is 36.2 Å². The van der Waals surface area contributed by atoms with Gasteiger partial charge >= 0.3 is 0 Å². The third-order valence-corrected chi connectivity index (χ3v) is 3.81. The van der Waals surface area contributed by atoms with Gasteiger partial charge in [-0.2, -0.15) is 0 Å². The fraction of sp³-hybridized carbons (Fsp3) is 0.167. The van der Waals surface area contributed by atoms with Crippen LogP contribution in [0.25, 0.3) is 16.3 Å². The van der Waals surface area contributed by atoms with Gasteiger partial charge in [-0.05, 0) is 47.8 Å². The Kier molecular flexibility index (Phi) is 2.83. The third kappa shape index (κ3) is 1.91. The quantitative estimate of drug-likeness (QED) is 0.699. The molecule has 19 heavy (non-hydrogen) atoms. The number of hydrogen-bond acceptors (Lipinski definition) is 1. The molecule has 0 saturated carbocycles. The summed E-state index contributed by atoms with van der Waals surface area (Å²) in [5.41, 5.74) is 5.81. The third-order valence-electron chi connectivity index (χ3n) is 3.81. The zero-order valence-corrected chi connectivity index (χ0v) is 11.2. The molecule has 3 rings (SSSR count). The van der Waals surface area contributed by atoms with Gasteiger partial charge in [0.1, 0.15) is 0 Å². The van der Waals surface area contributed by atoms with Crippen molar-refractivity contribution >= 4 is 22.6 Å². The summed E-state index contributed by atoms with van der Waals surface area (Å²) >= 11 is 0. The second-order valence-electron chi connectivity index (χ2n) is 5.19. The molecular formula is C18H16O. The number of allylic oxidation sites excluding steroid dienone is 4. The number of carbonyl (C=O) groups is 1. The zero-order valence-electron chi connectivity index (χ0n) is 11.2. The lowest BCUT2D eigenvalue weighted by atomic mass is 9.92. The Hall–Kier alpha value is -2.15. The van der Waals surface area contributed by atoms with Crippen LogP contribution in [0.2, 0.25) is 0 Å². The molecular weight excluding hydrogens is 232 g/mol. The molecule has 94 valence electrons. The Balaban J connectivity index is 2.26. The van der Waals surface area contributed by atoms with E-state index in [9.17, 15) is 4.79 Å². The second-order valence-corrected chi connectivity index (χ2v) is 5.19. The van der Waals surface area contributed by atoms with Gasteiger partial charge in [0.2, 0.25) is 0 Å². The van der Waals surface area contributed by atoms with Crippen LogP contribution >= 0.6 is 0 Å². The van der Waals surface area contributed by atoms with Crippen molar-refractivity contribution in [3.05, 3.63) is 64.7 Å². The SMILES string of the molecule is CC1=CC(C)=C(c2ccc3ccccc3c2C=O)C1. The van der Waals surface area contributed by atoms with E-state index in [-0.39, 0.29) is 0 Å². The van der Waals surface area contributed by atoms with Gasteiger partial charge in [-0.1, -0.05) is 48.0 Å². The van der Waals surface area contributed by atoms with Crippen molar-refractivity contribution in [3.63, 3.8) is 0 Å². The number of aldehydes is 1. The fourth-order valence-electron chi connectivity index (χ4n) is 2.92. The second kappa shape index (κ2) is 4.51. The summed E-state index contributed by atoms with van der Waals surface area (Å²) in [4.78, 5) is 11.5. The first-order valence-corrected chi connectivity index (χ1v) is 6.55. The van der Waals surface area contributed by atoms with E-state index in [0.29, 0.717) is 0 Å². The molecule has 0 fully saturated rings. The molecule has 0 saturated heterocycles. The molecule has 0 aromatic heterocycles. The summed E-state index contributed by atoms with van der Waals surface area (Å²) in [6.07, 6.45) is 4.15. The van der Waals surface area contributed by atoms with Crippen LogP contribution < -0.4 is 0 Å². The maximum atomic E-state index is 11.5. The van der Waals surface area contributed by atoms with E-state index in [4.69, 9.17) is 0 Å². The van der Waals surface area contributed by atoms with Crippen LogP contribution in [0.4, 0.5) is 0 Å². The van der Waals surface area contributed by atoms with Gasteiger partial charge in [0.25, 0.3) is 0 Å². The highest BCUT2D eigenvalue weighted by atomic mass is 16.1. The van der Waals surface area contributed by atoms with E-state index in [1.807, 2.05) is 24.3 Å². The molecule has 1 aliphatic carbocycles. The Morgan fingerprint density at radius 1 is 1.05 bits per heavy atom. The molecule has 0 N–H and O–H groups in total. The molecule has 1 aliphatic rings. The highest BCUT2D eigenvalue weighted by Crippen LogP contribution is 2.36. The number of fused-ring (bicyclic) bond motifs is 1. The monoisotopic (exact) mass is 248 g/mol. The van der Waals surface area contributed by atoms with Gasteiger partial charge in [-0.15, -0.1) is 0 Å². The van der Waals surface area contributed by atoms with Crippen molar-refractivity contribution in [2.75, 3.05) is 0 Å². The molecule has 0 amide bonds. The molecule has 2 aromatic rings. The average molecular weight is 248 g/mol. The van der Waals surface area contributed by atoms with Crippen LogP contribution in [0.3, 0.4) is 0 Å². The molecule has 0 radical (unpaired) electrons. The molecule has 0 spiro atoms. The minimum Gasteiger partial charge on any atom is -0.298 e. The van der Waals surface area contributed by atoms with E-state index < -0.39 is 0 Å². The minimum absolute atomic E-state index is 0.815. The number of hydrogen-bond donors (Lipinski definition) is 0. The largest absolute Gasteiger partial charge is 0.298 e. The number of carbonyl (C=O) groups excluding carboxylic acids is 1. The lowest BCUT2D eigenvalue weighted by Gasteiger charge is -2.11. The first kappa shape index (κ1) is 11.9. The van der Waals surface area contributed by atoms with Crippen LogP contribution in [0.15, 0.2) is 53.6 Å². The molecule has 0 atom stereocenters. The van der Waals surface area contributed by atoms with Gasteiger partial charge in [0.15, 0.2) is 6.29 Å². The molecule has 2 aromatic carbocycles. The lowest BCUT2D eigenvalue weighted by Crippen LogP contribution is -1.94. The van der Waals surface area contributed by atoms with Crippen LogP contribution in [0, 0.1) is 0 Å². The molecule has 0 unspecified atom stereocenters. The molecule has 0 heterocycles. The molecule has 1 nitrogen and oxygen atoms in total. The smallest absolute Gasteiger partial charge is 0.151 e. The van der Waals surface area contributed by atoms with E-state index in [1.54, 1.807) is 0 Å². The van der Waals surface area contributed by atoms with Crippen LogP contribution in [-0.4, -0.2) is 6.29 Å². The standard InChI is InChI=1S/C18H16O/c1-12-9-13(2)17(10-12)16-8-7-14-5-3-4-6-15(14)18(16)11-19/h3-9,11H,10H2,1-2H3. The first-order chi connectivity index (χ1) is 9.20. The van der Waals surface area contributed by atoms with Crippen LogP contribution in [0.5, 0.6) is 0 Å². The average Bonchev–Trinajstić information content (AvgIpc) is 2.76. The Morgan fingerprint density at radius 2 is 1.84 bits per heavy atom. The van der Waals surface area contributed by atoms with E-state index >= 15 is 0 Å². The van der Waals surface area contributed by atoms with Gasteiger partial charge in [-0.25, -0.2) is 0 Å². The van der Waals surface area contributed by atoms with E-state index in [2.05, 4.69) is 32.1 Å². The first-order valence-electron chi connectivity index (χ1n) is 6.55. The van der Waals surface area contributed by atoms with Crippen molar-refractivity contribution in [2.45, 2.75) is 20.3 Å². The summed E-state index contributed by atoms with van der Waals surface area (Å²) in [5, 5.41) is 2.16. The Bertz CT molecular complexity index is 732. The highest BCUT2D eigenvalue weighted by molar-refractivity contribution is 6.03. The van der Waals surface area contributed by atoms with Crippen molar-refractivity contribution in [1.29, 1.82) is 0 Å². The molecule has 0 bridgehead atoms. The van der Waals surface area contributed by atoms with Crippen molar-refractivity contribution in [1.82, 2.24) is 0 Å². The Morgan fingerprint density at radius 3 is 2.53 bits per heavy atom. The summed E-state index contributed by atoms with van der Waals surface area (Å²) < 4.78 is 0. The number of rotatable bonds is 2. The molecule has 1 heteroatoms. The summed E-state index contributed by atoms with van der Waals surface area (Å²) in [6, 6.07) is 12.2. The Labute approximate surface area is 113 Å². The fourth-order valence-corrected chi connectivity index (χ4v) is 2.92. The minimum atomic E-state index is 0.815. The summed E-state index contributed by atoms with van der Waals surface area (Å²) in [5.74, 6) is 0. The maximum Gasteiger partial charge on any atom is 0.151 e. The highest BCUT2D eigenvalue weighted by Gasteiger charge is 2.16. The van der Waals surface area contributed by atoms with Gasteiger partial charge in [0.05, 0.1) is 0 Å². The van der Waals surface area contributed by atoms with Crippen LogP contribution in [-0.2, 0) is 0 Å². The van der Waals surface area contributed by atoms with Crippen molar-refractivity contribution in [2.24, 2.45) is 0 Å². The lowest BCUT2D eigenvalue weighted by molar-refractivity contribution is 0.112. The maximum absolute atomic E-state index is 11.5. The van der Waals surface area contributed by atoms with Crippen molar-refractivity contribution < 1.29 is 4.79 Å².